The molecule has 0 fully saturated rings. The number of para-hydroxylation sites is 2. The number of aryl methyl sites for hydroxylation is 1. The van der Waals surface area contributed by atoms with Crippen molar-refractivity contribution < 1.29 is 0 Å². The van der Waals surface area contributed by atoms with Crippen LogP contribution in [0.3, 0.4) is 0 Å². The van der Waals surface area contributed by atoms with Crippen LogP contribution in [0.2, 0.25) is 0 Å². The van der Waals surface area contributed by atoms with Gasteiger partial charge in [-0.05, 0) is 105 Å². The van der Waals surface area contributed by atoms with E-state index in [2.05, 4.69) is 226 Å². The van der Waals surface area contributed by atoms with Crippen LogP contribution in [0, 0.1) is 6.92 Å². The molecule has 0 bridgehead atoms. The highest BCUT2D eigenvalue weighted by atomic mass is 15.0. The third kappa shape index (κ3) is 6.46. The molecule has 0 amide bonds. The van der Waals surface area contributed by atoms with Crippen molar-refractivity contribution in [3.63, 3.8) is 0 Å². The lowest BCUT2D eigenvalue weighted by molar-refractivity contribution is 0.659. The van der Waals surface area contributed by atoms with Gasteiger partial charge in [-0.15, -0.1) is 0 Å². The summed E-state index contributed by atoms with van der Waals surface area (Å²) in [4.78, 5) is 0. The van der Waals surface area contributed by atoms with Crippen LogP contribution < -0.4 is 0 Å². The second kappa shape index (κ2) is 14.5. The average molecular weight is 720 g/mol. The number of fused-ring (bicyclic) bond motifs is 6. The highest BCUT2D eigenvalue weighted by Crippen LogP contribution is 2.49. The molecule has 8 aromatic carbocycles. The van der Waals surface area contributed by atoms with Gasteiger partial charge >= 0.3 is 0 Å². The lowest BCUT2D eigenvalue weighted by atomic mass is 9.81. The quantitative estimate of drug-likeness (QED) is 0.161. The lowest BCUT2D eigenvalue weighted by Crippen LogP contribution is -2.15. The van der Waals surface area contributed by atoms with Gasteiger partial charge < -0.3 is 4.57 Å². The molecule has 1 aliphatic rings. The van der Waals surface area contributed by atoms with Crippen LogP contribution in [-0.2, 0) is 11.8 Å². The highest BCUT2D eigenvalue weighted by molar-refractivity contribution is 6.10. The fraction of sp³-hybridized carbons (Fsp3) is 0.0909. The fourth-order valence-electron chi connectivity index (χ4n) is 8.49. The largest absolute Gasteiger partial charge is 0.309 e. The van der Waals surface area contributed by atoms with Crippen molar-refractivity contribution in [1.29, 1.82) is 0 Å². The normalized spacial score (nSPS) is 12.5. The predicted molar refractivity (Wildman–Crippen MR) is 240 cm³/mol. The van der Waals surface area contributed by atoms with Gasteiger partial charge in [-0.2, -0.15) is 0 Å². The molecule has 1 nitrogen and oxygen atoms in total. The molecule has 1 aromatic heterocycles. The first kappa shape index (κ1) is 35.0. The molecular formula is C55H45N. The maximum absolute atomic E-state index is 4.39. The van der Waals surface area contributed by atoms with Crippen LogP contribution in [0.4, 0.5) is 0 Å². The smallest absolute Gasteiger partial charge is 0.0541 e. The van der Waals surface area contributed by atoms with Gasteiger partial charge in [0.25, 0.3) is 0 Å². The van der Waals surface area contributed by atoms with E-state index in [9.17, 15) is 0 Å². The van der Waals surface area contributed by atoms with Crippen LogP contribution in [0.1, 0.15) is 41.7 Å². The van der Waals surface area contributed by atoms with Crippen LogP contribution in [0.5, 0.6) is 0 Å². The highest BCUT2D eigenvalue weighted by Gasteiger charge is 2.35. The summed E-state index contributed by atoms with van der Waals surface area (Å²) in [6.07, 6.45) is 0.865. The molecule has 270 valence electrons. The van der Waals surface area contributed by atoms with Crippen molar-refractivity contribution in [2.24, 2.45) is 0 Å². The van der Waals surface area contributed by atoms with E-state index in [-0.39, 0.29) is 5.41 Å². The molecule has 0 N–H and O–H groups in total. The molecule has 0 aliphatic heterocycles. The van der Waals surface area contributed by atoms with Crippen LogP contribution >= 0.6 is 0 Å². The molecule has 0 saturated heterocycles. The molecule has 0 atom stereocenters. The number of hydrogen-bond acceptors (Lipinski definition) is 0. The van der Waals surface area contributed by atoms with Crippen LogP contribution in [-0.4, -0.2) is 4.57 Å². The summed E-state index contributed by atoms with van der Waals surface area (Å²) in [6.45, 7) is 11.2. The maximum Gasteiger partial charge on any atom is 0.0541 e. The number of rotatable bonds is 6. The minimum atomic E-state index is 0.0423. The van der Waals surface area contributed by atoms with Crippen LogP contribution in [0.25, 0.3) is 66.4 Å². The van der Waals surface area contributed by atoms with Crippen molar-refractivity contribution in [1.82, 2.24) is 4.57 Å². The Balaban J connectivity index is 0.000000148. The summed E-state index contributed by atoms with van der Waals surface area (Å²) < 4.78 is 2.35. The van der Waals surface area contributed by atoms with Gasteiger partial charge in [0.05, 0.1) is 11.0 Å². The average Bonchev–Trinajstić information content (AvgIpc) is 3.70. The van der Waals surface area contributed by atoms with Crippen molar-refractivity contribution in [2.75, 3.05) is 0 Å². The second-order valence-electron chi connectivity index (χ2n) is 15.6. The van der Waals surface area contributed by atoms with Crippen molar-refractivity contribution in [3.05, 3.63) is 229 Å². The third-order valence-corrected chi connectivity index (χ3v) is 11.5. The van der Waals surface area contributed by atoms with Gasteiger partial charge in [-0.1, -0.05) is 190 Å². The van der Waals surface area contributed by atoms with Crippen molar-refractivity contribution >= 4 is 27.4 Å². The summed E-state index contributed by atoms with van der Waals surface area (Å²) in [5.41, 5.74) is 19.3. The molecule has 1 heterocycles. The maximum atomic E-state index is 4.39. The molecule has 0 radical (unpaired) electrons. The first-order valence-corrected chi connectivity index (χ1v) is 19.6. The van der Waals surface area contributed by atoms with E-state index < -0.39 is 0 Å². The molecule has 0 unspecified atom stereocenters. The zero-order valence-corrected chi connectivity index (χ0v) is 32.3. The number of hydrogen-bond donors (Lipinski definition) is 0. The Hall–Kier alpha value is -6.70. The van der Waals surface area contributed by atoms with Gasteiger partial charge in [0.1, 0.15) is 0 Å². The Bertz CT molecular complexity index is 2840. The predicted octanol–water partition coefficient (Wildman–Crippen LogP) is 14.7. The Morgan fingerprint density at radius 1 is 0.482 bits per heavy atom. The van der Waals surface area contributed by atoms with E-state index in [1.54, 1.807) is 0 Å². The number of benzene rings is 8. The molecule has 9 aromatic rings. The van der Waals surface area contributed by atoms with Gasteiger partial charge in [0.15, 0.2) is 0 Å². The van der Waals surface area contributed by atoms with Gasteiger partial charge in [-0.3, -0.25) is 0 Å². The van der Waals surface area contributed by atoms with Crippen LogP contribution in [0.15, 0.2) is 201 Å². The summed E-state index contributed by atoms with van der Waals surface area (Å²) in [7, 11) is 0. The Morgan fingerprint density at radius 2 is 1.05 bits per heavy atom. The van der Waals surface area contributed by atoms with Gasteiger partial charge in [-0.25, -0.2) is 0 Å². The van der Waals surface area contributed by atoms with Gasteiger partial charge in [0.2, 0.25) is 0 Å². The molecular weight excluding hydrogens is 675 g/mol. The first-order valence-electron chi connectivity index (χ1n) is 19.6. The van der Waals surface area contributed by atoms with E-state index in [1.807, 2.05) is 0 Å². The molecule has 0 saturated carbocycles. The first-order chi connectivity index (χ1) is 27.3. The molecule has 1 aliphatic carbocycles. The van der Waals surface area contributed by atoms with Gasteiger partial charge in [0, 0.05) is 21.9 Å². The zero-order chi connectivity index (χ0) is 38.2. The Labute approximate surface area is 330 Å². The van der Waals surface area contributed by atoms with Crippen molar-refractivity contribution in [2.45, 2.75) is 32.6 Å². The minimum Gasteiger partial charge on any atom is -0.309 e. The van der Waals surface area contributed by atoms with E-state index >= 15 is 0 Å². The monoisotopic (exact) mass is 719 g/mol. The molecule has 56 heavy (non-hydrogen) atoms. The van der Waals surface area contributed by atoms with E-state index in [4.69, 9.17) is 0 Å². The fourth-order valence-corrected chi connectivity index (χ4v) is 8.49. The number of aromatic nitrogens is 1. The third-order valence-electron chi connectivity index (χ3n) is 11.5. The number of allylic oxidation sites excluding steroid dienone is 1. The van der Waals surface area contributed by atoms with E-state index in [1.165, 1.54) is 88.7 Å². The van der Waals surface area contributed by atoms with Crippen molar-refractivity contribution in [3.8, 4) is 39.1 Å². The summed E-state index contributed by atoms with van der Waals surface area (Å²) >= 11 is 0. The molecule has 1 heteroatoms. The zero-order valence-electron chi connectivity index (χ0n) is 32.3. The van der Waals surface area contributed by atoms with E-state index in [0.29, 0.717) is 0 Å². The topological polar surface area (TPSA) is 4.93 Å². The summed E-state index contributed by atoms with van der Waals surface area (Å²) in [6, 6.07) is 69.8. The summed E-state index contributed by atoms with van der Waals surface area (Å²) in [5, 5.41) is 2.59. The summed E-state index contributed by atoms with van der Waals surface area (Å²) in [5.74, 6) is 0. The second-order valence-corrected chi connectivity index (χ2v) is 15.6. The Kier molecular flexibility index (Phi) is 9.08. The molecule has 0 spiro atoms. The van der Waals surface area contributed by atoms with E-state index in [0.717, 1.165) is 12.0 Å². The Morgan fingerprint density at radius 3 is 1.82 bits per heavy atom. The standard InChI is InChI=1S/C30H26.C25H19N/c1-21(23-14-16-25(17-15-23)24-9-5-4-6-10-24)19-22-13-18-27-26-11-7-8-12-28(26)30(2,3)29(27)20-22;1-18-11-13-19(14-12-18)20-15-16-25-23(17-20)22-9-5-6-10-24(22)26(25)21-7-3-2-4-8-21/h4-18,20H,1,19H2,2-3H3;2-17H,1H3. The molecule has 10 rings (SSSR count). The minimum absolute atomic E-state index is 0.0423. The SMILES string of the molecule is C=C(Cc1ccc2c(c1)C(C)(C)c1ccccc1-2)c1ccc(-c2ccccc2)cc1.Cc1ccc(-c2ccc3c(c2)c2ccccc2n3-c2ccccc2)cc1. The number of nitrogens with zero attached hydrogens (tertiary/aromatic N) is 1. The lowest BCUT2D eigenvalue weighted by Gasteiger charge is -2.22.